The summed E-state index contributed by atoms with van der Waals surface area (Å²) in [6, 6.07) is 0. The summed E-state index contributed by atoms with van der Waals surface area (Å²) in [6.45, 7) is 1.91. The highest BCUT2D eigenvalue weighted by Crippen LogP contribution is 2.33. The number of rotatable bonds is 6. The molecule has 100 valence electrons. The van der Waals surface area contributed by atoms with Gasteiger partial charge >= 0.3 is 0 Å². The molecule has 1 aliphatic carbocycles. The molecule has 2 atom stereocenters. The van der Waals surface area contributed by atoms with Gasteiger partial charge in [-0.05, 0) is 12.5 Å². The quantitative estimate of drug-likeness (QED) is 0.534. The molecule has 0 N–H and O–H groups in total. The van der Waals surface area contributed by atoms with Crippen molar-refractivity contribution in [3.63, 3.8) is 0 Å². The summed E-state index contributed by atoms with van der Waals surface area (Å²) in [5, 5.41) is 22.3. The van der Waals surface area contributed by atoms with Crippen LogP contribution in [-0.4, -0.2) is 28.6 Å². The molecule has 0 heterocycles. The van der Waals surface area contributed by atoms with Crippen LogP contribution in [0.4, 0.5) is 0 Å². The van der Waals surface area contributed by atoms with E-state index in [1.165, 1.54) is 25.3 Å². The van der Waals surface area contributed by atoms with Crippen LogP contribution in [0.1, 0.15) is 26.2 Å². The second-order valence-electron chi connectivity index (χ2n) is 4.18. The van der Waals surface area contributed by atoms with Gasteiger partial charge in [0.25, 0.3) is 11.2 Å². The molecule has 0 aliphatic heterocycles. The van der Waals surface area contributed by atoms with Gasteiger partial charge in [-0.15, -0.1) is 0 Å². The molecule has 18 heavy (non-hydrogen) atoms. The fourth-order valence-electron chi connectivity index (χ4n) is 2.15. The predicted molar refractivity (Wildman–Crippen MR) is 64.3 cm³/mol. The molecule has 0 bridgehead atoms. The van der Waals surface area contributed by atoms with Crippen molar-refractivity contribution in [1.82, 2.24) is 0 Å². The topological polar surface area (TPSA) is 95.5 Å². The van der Waals surface area contributed by atoms with Crippen LogP contribution in [0.3, 0.4) is 0 Å². The number of hydrogen-bond acceptors (Lipinski definition) is 5. The second-order valence-corrected chi connectivity index (χ2v) is 4.18. The van der Waals surface area contributed by atoms with E-state index in [0.29, 0.717) is 6.42 Å². The molecule has 0 fully saturated rings. The van der Waals surface area contributed by atoms with Crippen LogP contribution >= 0.6 is 0 Å². The molecule has 1 aliphatic rings. The third-order valence-electron chi connectivity index (χ3n) is 3.09. The molecule has 0 saturated carbocycles. The van der Waals surface area contributed by atoms with Crippen molar-refractivity contribution in [2.24, 2.45) is 0 Å². The maximum Gasteiger partial charge on any atom is 0.282 e. The van der Waals surface area contributed by atoms with Crippen molar-refractivity contribution in [2.45, 2.75) is 37.8 Å². The highest BCUT2D eigenvalue weighted by Gasteiger charge is 2.55. The molecule has 0 saturated heterocycles. The van der Waals surface area contributed by atoms with Gasteiger partial charge in [0, 0.05) is 24.5 Å². The van der Waals surface area contributed by atoms with Gasteiger partial charge in [-0.25, -0.2) is 0 Å². The summed E-state index contributed by atoms with van der Waals surface area (Å²) in [4.78, 5) is 21.1. The first-order chi connectivity index (χ1) is 8.49. The number of methoxy groups -OCH3 is 1. The first-order valence-electron chi connectivity index (χ1n) is 5.70. The summed E-state index contributed by atoms with van der Waals surface area (Å²) in [7, 11) is 1.26. The highest BCUT2D eigenvalue weighted by atomic mass is 16.6. The van der Waals surface area contributed by atoms with E-state index in [2.05, 4.69) is 0 Å². The maximum atomic E-state index is 11.3. The fraction of sp³-hybridized carbons (Fsp3) is 0.636. The van der Waals surface area contributed by atoms with E-state index in [9.17, 15) is 20.2 Å². The van der Waals surface area contributed by atoms with Gasteiger partial charge in [0.2, 0.25) is 6.10 Å². The van der Waals surface area contributed by atoms with Gasteiger partial charge in [-0.3, -0.25) is 20.2 Å². The van der Waals surface area contributed by atoms with Crippen LogP contribution in [0, 0.1) is 20.2 Å². The molecule has 0 spiro atoms. The number of nitrogens with zero attached hydrogens (tertiary/aromatic N) is 2. The van der Waals surface area contributed by atoms with Crippen LogP contribution < -0.4 is 0 Å². The molecule has 1 rings (SSSR count). The van der Waals surface area contributed by atoms with Crippen LogP contribution in [0.15, 0.2) is 23.9 Å². The zero-order chi connectivity index (χ0) is 13.8. The Bertz CT molecular complexity index is 404. The van der Waals surface area contributed by atoms with Gasteiger partial charge in [0.1, 0.15) is 0 Å². The number of hydrogen-bond donors (Lipinski definition) is 0. The molecular formula is C11H16N2O5. The standard InChI is InChI=1S/C11H16N2O5/c1-3-4-7-11(13(16)17)8-5-6-9(12(14)15)10(11)18-2/h5-6,8,10H,3-4,7H2,1-2H3. The van der Waals surface area contributed by atoms with Gasteiger partial charge in [-0.2, -0.15) is 0 Å². The Morgan fingerprint density at radius 3 is 2.56 bits per heavy atom. The molecular weight excluding hydrogens is 240 g/mol. The zero-order valence-corrected chi connectivity index (χ0v) is 10.4. The first kappa shape index (κ1) is 14.3. The first-order valence-corrected chi connectivity index (χ1v) is 5.70. The molecule has 0 aromatic heterocycles. The Kier molecular flexibility index (Phi) is 4.55. The van der Waals surface area contributed by atoms with E-state index in [-0.39, 0.29) is 12.1 Å². The molecule has 0 radical (unpaired) electrons. The van der Waals surface area contributed by atoms with Crippen molar-refractivity contribution in [1.29, 1.82) is 0 Å². The van der Waals surface area contributed by atoms with E-state index in [1.54, 1.807) is 0 Å². The van der Waals surface area contributed by atoms with Crippen molar-refractivity contribution in [2.75, 3.05) is 7.11 Å². The number of allylic oxidation sites excluding steroid dienone is 2. The van der Waals surface area contributed by atoms with Crippen molar-refractivity contribution in [3.8, 4) is 0 Å². The zero-order valence-electron chi connectivity index (χ0n) is 10.4. The minimum absolute atomic E-state index is 0.219. The van der Waals surface area contributed by atoms with Crippen molar-refractivity contribution in [3.05, 3.63) is 44.2 Å². The third kappa shape index (κ3) is 2.40. The lowest BCUT2D eigenvalue weighted by Gasteiger charge is -2.29. The number of ether oxygens (including phenoxy) is 1. The van der Waals surface area contributed by atoms with E-state index in [4.69, 9.17) is 4.74 Å². The van der Waals surface area contributed by atoms with Crippen molar-refractivity contribution >= 4 is 0 Å². The normalized spacial score (nSPS) is 26.8. The average Bonchev–Trinajstić information content (AvgIpc) is 2.35. The Labute approximate surface area is 104 Å². The lowest BCUT2D eigenvalue weighted by atomic mass is 9.82. The van der Waals surface area contributed by atoms with E-state index >= 15 is 0 Å². The van der Waals surface area contributed by atoms with Crippen LogP contribution in [0.25, 0.3) is 0 Å². The number of unbranched alkanes of at least 4 members (excludes halogenated alkanes) is 1. The summed E-state index contributed by atoms with van der Waals surface area (Å²) in [6.07, 6.45) is 4.46. The Morgan fingerprint density at radius 2 is 2.11 bits per heavy atom. The lowest BCUT2D eigenvalue weighted by molar-refractivity contribution is -0.577. The fourth-order valence-corrected chi connectivity index (χ4v) is 2.15. The lowest BCUT2D eigenvalue weighted by Crippen LogP contribution is -2.51. The smallest absolute Gasteiger partial charge is 0.282 e. The summed E-state index contributed by atoms with van der Waals surface area (Å²) < 4.78 is 5.04. The van der Waals surface area contributed by atoms with Crippen molar-refractivity contribution < 1.29 is 14.6 Å². The summed E-state index contributed by atoms with van der Waals surface area (Å²) in [5.41, 5.74) is -1.81. The van der Waals surface area contributed by atoms with Crippen LogP contribution in [0.2, 0.25) is 0 Å². The Balaban J connectivity index is 3.17. The van der Waals surface area contributed by atoms with E-state index in [1.807, 2.05) is 6.92 Å². The molecule has 0 aromatic carbocycles. The minimum atomic E-state index is -1.54. The Morgan fingerprint density at radius 1 is 1.44 bits per heavy atom. The van der Waals surface area contributed by atoms with Gasteiger partial charge in [0.15, 0.2) is 0 Å². The van der Waals surface area contributed by atoms with E-state index in [0.717, 1.165) is 6.42 Å². The summed E-state index contributed by atoms with van der Waals surface area (Å²) in [5.74, 6) is 0. The maximum absolute atomic E-state index is 11.3. The SMILES string of the molecule is CCCCC1([N+](=O)[O-])C=CC=C([N+](=O)[O-])C1OC. The predicted octanol–water partition coefficient (Wildman–Crippen LogP) is 1.94. The van der Waals surface area contributed by atoms with Gasteiger partial charge in [-0.1, -0.05) is 19.4 Å². The molecule has 0 amide bonds. The molecule has 7 nitrogen and oxygen atoms in total. The monoisotopic (exact) mass is 256 g/mol. The minimum Gasteiger partial charge on any atom is -0.363 e. The molecule has 2 unspecified atom stereocenters. The van der Waals surface area contributed by atoms with Crippen LogP contribution in [-0.2, 0) is 4.74 Å². The number of nitro groups is 2. The van der Waals surface area contributed by atoms with Gasteiger partial charge in [0.05, 0.1) is 4.92 Å². The van der Waals surface area contributed by atoms with Crippen LogP contribution in [0.5, 0.6) is 0 Å². The molecule has 0 aromatic rings. The summed E-state index contributed by atoms with van der Waals surface area (Å²) >= 11 is 0. The third-order valence-corrected chi connectivity index (χ3v) is 3.09. The molecule has 7 heteroatoms. The average molecular weight is 256 g/mol. The second kappa shape index (κ2) is 5.72. The largest absolute Gasteiger partial charge is 0.363 e. The van der Waals surface area contributed by atoms with E-state index < -0.39 is 21.5 Å². The Hall–Kier alpha value is -1.76. The van der Waals surface area contributed by atoms with Gasteiger partial charge < -0.3 is 4.74 Å². The highest BCUT2D eigenvalue weighted by molar-refractivity contribution is 5.27.